The summed E-state index contributed by atoms with van der Waals surface area (Å²) in [6.07, 6.45) is 5.19. The Morgan fingerprint density at radius 1 is 1.63 bits per heavy atom. The Hall–Kier alpha value is -2.17. The minimum atomic E-state index is -0.978. The lowest BCUT2D eigenvalue weighted by molar-refractivity contribution is -0.138. The van der Waals surface area contributed by atoms with E-state index in [-0.39, 0.29) is 25.2 Å². The summed E-state index contributed by atoms with van der Waals surface area (Å²) in [6.45, 7) is 0.171. The van der Waals surface area contributed by atoms with Crippen molar-refractivity contribution in [2.75, 3.05) is 13.1 Å². The number of rotatable bonds is 5. The molecule has 0 aromatic carbocycles. The summed E-state index contributed by atoms with van der Waals surface area (Å²) < 4.78 is 0.561. The third kappa shape index (κ3) is 3.19. The summed E-state index contributed by atoms with van der Waals surface area (Å²) in [6, 6.07) is 1.75. The van der Waals surface area contributed by atoms with Gasteiger partial charge >= 0.3 is 5.97 Å². The predicted molar refractivity (Wildman–Crippen MR) is 72.0 cm³/mol. The summed E-state index contributed by atoms with van der Waals surface area (Å²) in [5, 5.41) is 10.6. The molecule has 0 radical (unpaired) electrons. The van der Waals surface area contributed by atoms with Gasteiger partial charge in [0.2, 0.25) is 0 Å². The molecule has 0 saturated heterocycles. The lowest BCUT2D eigenvalue weighted by Crippen LogP contribution is -2.31. The number of nitrogens with one attached hydrogen (secondary N) is 1. The quantitative estimate of drug-likeness (QED) is 0.777. The van der Waals surface area contributed by atoms with Crippen LogP contribution in [0.3, 0.4) is 0 Å². The maximum Gasteiger partial charge on any atom is 0.317 e. The summed E-state index contributed by atoms with van der Waals surface area (Å²) in [7, 11) is 0. The van der Waals surface area contributed by atoms with Gasteiger partial charge < -0.3 is 10.1 Å². The van der Waals surface area contributed by atoms with E-state index in [1.54, 1.807) is 11.4 Å². The van der Waals surface area contributed by atoms with E-state index in [2.05, 4.69) is 15.9 Å². The predicted octanol–water partition coefficient (Wildman–Crippen LogP) is 0.504. The molecule has 0 spiro atoms. The average Bonchev–Trinajstić information content (AvgIpc) is 2.77. The van der Waals surface area contributed by atoms with Crippen molar-refractivity contribution < 1.29 is 9.90 Å². The third-order valence-electron chi connectivity index (χ3n) is 2.41. The van der Waals surface area contributed by atoms with Crippen LogP contribution in [0.2, 0.25) is 0 Å². The fourth-order valence-corrected chi connectivity index (χ4v) is 2.42. The van der Waals surface area contributed by atoms with Gasteiger partial charge in [0, 0.05) is 0 Å². The lowest BCUT2D eigenvalue weighted by atomic mass is 10.4. The highest BCUT2D eigenvalue weighted by Gasteiger charge is 2.12. The van der Waals surface area contributed by atoms with Crippen molar-refractivity contribution in [3.63, 3.8) is 0 Å². The third-order valence-corrected chi connectivity index (χ3v) is 3.31. The zero-order chi connectivity index (χ0) is 13.8. The molecule has 0 aliphatic rings. The van der Waals surface area contributed by atoms with Crippen LogP contribution in [0, 0.1) is 12.3 Å². The number of H-pyrrole nitrogens is 1. The molecule has 19 heavy (non-hydrogen) atoms. The van der Waals surface area contributed by atoms with Crippen LogP contribution in [0.4, 0.5) is 0 Å². The Balaban J connectivity index is 2.25. The second kappa shape index (κ2) is 5.65. The topological polar surface area (TPSA) is 86.3 Å². The second-order valence-corrected chi connectivity index (χ2v) is 4.81. The van der Waals surface area contributed by atoms with Crippen LogP contribution in [0.15, 0.2) is 16.2 Å². The Morgan fingerprint density at radius 3 is 3.11 bits per heavy atom. The number of thiophene rings is 1. The number of carbonyl (C=O) groups is 1. The molecule has 0 atom stereocenters. The Bertz CT molecular complexity index is 698. The smallest absolute Gasteiger partial charge is 0.317 e. The number of carboxylic acids is 1. The van der Waals surface area contributed by atoms with Gasteiger partial charge in [-0.05, 0) is 11.4 Å². The first-order valence-corrected chi connectivity index (χ1v) is 6.32. The maximum absolute atomic E-state index is 11.8. The first-order valence-electron chi connectivity index (χ1n) is 5.44. The molecule has 0 saturated carbocycles. The van der Waals surface area contributed by atoms with E-state index < -0.39 is 5.97 Å². The van der Waals surface area contributed by atoms with Crippen LogP contribution in [-0.4, -0.2) is 39.0 Å². The molecular formula is C12H11N3O3S. The molecule has 0 amide bonds. The van der Waals surface area contributed by atoms with Crippen molar-refractivity contribution in [2.45, 2.75) is 6.54 Å². The standard InChI is InChI=1S/C12H11N3O3S/c1-2-4-15(7-10(16)17)6-9-13-8-3-5-19-11(8)12(18)14-9/h1,3,5H,4,6-7H2,(H,16,17)(H,13,14,18). The van der Waals surface area contributed by atoms with Crippen molar-refractivity contribution in [3.8, 4) is 12.3 Å². The zero-order valence-electron chi connectivity index (χ0n) is 9.92. The van der Waals surface area contributed by atoms with Gasteiger partial charge in [-0.15, -0.1) is 17.8 Å². The maximum atomic E-state index is 11.8. The fourth-order valence-electron chi connectivity index (χ4n) is 1.70. The SMILES string of the molecule is C#CCN(CC(=O)O)Cc1nc2ccsc2c(=O)[nH]1. The van der Waals surface area contributed by atoms with Crippen molar-refractivity contribution in [3.05, 3.63) is 27.6 Å². The van der Waals surface area contributed by atoms with Gasteiger partial charge in [-0.2, -0.15) is 0 Å². The number of carboxylic acid groups (broad SMARTS) is 1. The van der Waals surface area contributed by atoms with Crippen LogP contribution in [0.1, 0.15) is 5.82 Å². The highest BCUT2D eigenvalue weighted by Crippen LogP contribution is 2.14. The van der Waals surface area contributed by atoms with Gasteiger partial charge in [0.05, 0.1) is 25.2 Å². The Labute approximate surface area is 112 Å². The molecule has 0 bridgehead atoms. The van der Waals surface area contributed by atoms with Gasteiger partial charge in [-0.1, -0.05) is 5.92 Å². The van der Waals surface area contributed by atoms with Crippen LogP contribution < -0.4 is 5.56 Å². The summed E-state index contributed by atoms with van der Waals surface area (Å²) in [5.74, 6) is 1.82. The number of nitrogens with zero attached hydrogens (tertiary/aromatic N) is 2. The highest BCUT2D eigenvalue weighted by atomic mass is 32.1. The van der Waals surface area contributed by atoms with Crippen LogP contribution in [0.5, 0.6) is 0 Å². The lowest BCUT2D eigenvalue weighted by Gasteiger charge is -2.16. The first kappa shape index (κ1) is 13.3. The summed E-state index contributed by atoms with van der Waals surface area (Å²) >= 11 is 1.32. The molecular weight excluding hydrogens is 266 g/mol. The van der Waals surface area contributed by atoms with Crippen LogP contribution >= 0.6 is 11.3 Å². The van der Waals surface area contributed by atoms with E-state index in [4.69, 9.17) is 11.5 Å². The fraction of sp³-hybridized carbons (Fsp3) is 0.250. The number of fused-ring (bicyclic) bond motifs is 1. The van der Waals surface area contributed by atoms with Gasteiger partial charge in [0.15, 0.2) is 0 Å². The van der Waals surface area contributed by atoms with E-state index in [0.29, 0.717) is 16.0 Å². The van der Waals surface area contributed by atoms with Crippen LogP contribution in [0.25, 0.3) is 10.2 Å². The molecule has 2 N–H and O–H groups in total. The van der Waals surface area contributed by atoms with Gasteiger partial charge in [-0.3, -0.25) is 14.5 Å². The number of hydrogen-bond donors (Lipinski definition) is 2. The van der Waals surface area contributed by atoms with E-state index >= 15 is 0 Å². The highest BCUT2D eigenvalue weighted by molar-refractivity contribution is 7.17. The molecule has 2 aromatic heterocycles. The number of terminal acetylenes is 1. The second-order valence-electron chi connectivity index (χ2n) is 3.89. The Kier molecular flexibility index (Phi) is 3.94. The summed E-state index contributed by atoms with van der Waals surface area (Å²) in [5.41, 5.74) is 0.394. The minimum absolute atomic E-state index is 0.178. The van der Waals surface area contributed by atoms with Crippen molar-refractivity contribution in [1.29, 1.82) is 0 Å². The van der Waals surface area contributed by atoms with E-state index in [0.717, 1.165) is 0 Å². The molecule has 0 fully saturated rings. The van der Waals surface area contributed by atoms with E-state index in [9.17, 15) is 9.59 Å². The number of hydrogen-bond acceptors (Lipinski definition) is 5. The molecule has 98 valence electrons. The summed E-state index contributed by atoms with van der Waals surface area (Å²) in [4.78, 5) is 30.9. The molecule has 0 unspecified atom stereocenters. The van der Waals surface area contributed by atoms with Gasteiger partial charge in [0.1, 0.15) is 10.5 Å². The number of aromatic nitrogens is 2. The van der Waals surface area contributed by atoms with E-state index in [1.807, 2.05) is 0 Å². The molecule has 0 aliphatic carbocycles. The molecule has 2 heterocycles. The first-order chi connectivity index (χ1) is 9.10. The largest absolute Gasteiger partial charge is 0.480 e. The molecule has 2 rings (SSSR count). The molecule has 6 nitrogen and oxygen atoms in total. The average molecular weight is 277 g/mol. The molecule has 0 aliphatic heterocycles. The van der Waals surface area contributed by atoms with Crippen molar-refractivity contribution in [1.82, 2.24) is 14.9 Å². The monoisotopic (exact) mass is 277 g/mol. The molecule has 2 aromatic rings. The Morgan fingerprint density at radius 2 is 2.42 bits per heavy atom. The number of aromatic amines is 1. The normalized spacial score (nSPS) is 10.7. The van der Waals surface area contributed by atoms with Crippen LogP contribution in [-0.2, 0) is 11.3 Å². The number of aliphatic carboxylic acids is 1. The van der Waals surface area contributed by atoms with Crippen molar-refractivity contribution >= 4 is 27.5 Å². The minimum Gasteiger partial charge on any atom is -0.480 e. The van der Waals surface area contributed by atoms with Crippen molar-refractivity contribution in [2.24, 2.45) is 0 Å². The van der Waals surface area contributed by atoms with Gasteiger partial charge in [0.25, 0.3) is 5.56 Å². The van der Waals surface area contributed by atoms with E-state index in [1.165, 1.54) is 16.2 Å². The zero-order valence-corrected chi connectivity index (χ0v) is 10.7. The molecule has 7 heteroatoms. The van der Waals surface area contributed by atoms with Gasteiger partial charge in [-0.25, -0.2) is 4.98 Å².